The van der Waals surface area contributed by atoms with E-state index in [2.05, 4.69) is 10.4 Å². The van der Waals surface area contributed by atoms with Gasteiger partial charge in [-0.25, -0.2) is 4.79 Å². The van der Waals surface area contributed by atoms with E-state index in [1.807, 2.05) is 19.3 Å². The molecule has 0 aliphatic heterocycles. The predicted octanol–water partition coefficient (Wildman–Crippen LogP) is 0.325. The minimum atomic E-state index is -0.909. The van der Waals surface area contributed by atoms with Crippen molar-refractivity contribution in [3.63, 3.8) is 0 Å². The van der Waals surface area contributed by atoms with Crippen LogP contribution in [0.1, 0.15) is 12.6 Å². The van der Waals surface area contributed by atoms with E-state index in [1.54, 1.807) is 18.7 Å². The number of aromatic nitrogens is 2. The van der Waals surface area contributed by atoms with Crippen molar-refractivity contribution in [2.75, 3.05) is 20.1 Å². The van der Waals surface area contributed by atoms with Crippen molar-refractivity contribution >= 4 is 12.0 Å². The summed E-state index contributed by atoms with van der Waals surface area (Å²) in [4.78, 5) is 23.8. The highest BCUT2D eigenvalue weighted by molar-refractivity contribution is 5.75. The lowest BCUT2D eigenvalue weighted by Gasteiger charge is -2.19. The van der Waals surface area contributed by atoms with E-state index in [9.17, 15) is 9.59 Å². The van der Waals surface area contributed by atoms with E-state index in [0.717, 1.165) is 5.69 Å². The van der Waals surface area contributed by atoms with Crippen molar-refractivity contribution in [1.29, 1.82) is 0 Å². The molecule has 0 aliphatic carbocycles. The standard InChI is InChI=1S/C12H20N4O3/c1-9(11(17)18)8-15(2)12(19)13-6-4-10-5-7-16(3)14-10/h5,7,9H,4,6,8H2,1-3H3,(H,13,19)(H,17,18). The maximum Gasteiger partial charge on any atom is 0.317 e. The lowest BCUT2D eigenvalue weighted by Crippen LogP contribution is -2.41. The molecule has 0 fully saturated rings. The fourth-order valence-electron chi connectivity index (χ4n) is 1.60. The Morgan fingerprint density at radius 1 is 1.58 bits per heavy atom. The second-order valence-electron chi connectivity index (χ2n) is 4.58. The molecule has 2 N–H and O–H groups in total. The number of nitrogens with zero attached hydrogens (tertiary/aromatic N) is 3. The first-order valence-corrected chi connectivity index (χ1v) is 6.10. The number of aliphatic carboxylic acids is 1. The Hall–Kier alpha value is -2.05. The van der Waals surface area contributed by atoms with Crippen LogP contribution in [0, 0.1) is 5.92 Å². The largest absolute Gasteiger partial charge is 0.481 e. The third-order valence-corrected chi connectivity index (χ3v) is 2.74. The van der Waals surface area contributed by atoms with Gasteiger partial charge in [-0.1, -0.05) is 6.92 Å². The first kappa shape index (κ1) is 15.0. The molecule has 1 heterocycles. The average molecular weight is 268 g/mol. The van der Waals surface area contributed by atoms with Crippen LogP contribution >= 0.6 is 0 Å². The van der Waals surface area contributed by atoms with Gasteiger partial charge in [0.05, 0.1) is 11.6 Å². The van der Waals surface area contributed by atoms with Crippen LogP contribution in [0.15, 0.2) is 12.3 Å². The summed E-state index contributed by atoms with van der Waals surface area (Å²) in [6, 6.07) is 1.62. The molecule has 7 heteroatoms. The third-order valence-electron chi connectivity index (χ3n) is 2.74. The summed E-state index contributed by atoms with van der Waals surface area (Å²) < 4.78 is 1.71. The SMILES string of the molecule is CC(CN(C)C(=O)NCCc1ccn(C)n1)C(=O)O. The normalized spacial score (nSPS) is 11.9. The molecule has 7 nitrogen and oxygen atoms in total. The molecule has 19 heavy (non-hydrogen) atoms. The first-order valence-electron chi connectivity index (χ1n) is 6.10. The van der Waals surface area contributed by atoms with Crippen molar-refractivity contribution in [3.05, 3.63) is 18.0 Å². The number of hydrogen-bond acceptors (Lipinski definition) is 3. The average Bonchev–Trinajstić information content (AvgIpc) is 2.74. The smallest absolute Gasteiger partial charge is 0.317 e. The number of amides is 2. The molecule has 1 unspecified atom stereocenters. The Morgan fingerprint density at radius 2 is 2.26 bits per heavy atom. The van der Waals surface area contributed by atoms with Crippen molar-refractivity contribution < 1.29 is 14.7 Å². The molecule has 1 aromatic rings. The van der Waals surface area contributed by atoms with Gasteiger partial charge in [0, 0.05) is 39.8 Å². The second kappa shape index (κ2) is 6.77. The maximum absolute atomic E-state index is 11.7. The van der Waals surface area contributed by atoms with Crippen LogP contribution in [-0.2, 0) is 18.3 Å². The van der Waals surface area contributed by atoms with E-state index in [0.29, 0.717) is 13.0 Å². The van der Waals surface area contributed by atoms with E-state index in [1.165, 1.54) is 4.90 Å². The summed E-state index contributed by atoms with van der Waals surface area (Å²) in [5.74, 6) is -1.49. The number of aryl methyl sites for hydroxylation is 1. The number of urea groups is 1. The van der Waals surface area contributed by atoms with Gasteiger partial charge in [-0.2, -0.15) is 5.10 Å². The van der Waals surface area contributed by atoms with Crippen molar-refractivity contribution in [3.8, 4) is 0 Å². The summed E-state index contributed by atoms with van der Waals surface area (Å²) in [5, 5.41) is 15.7. The van der Waals surface area contributed by atoms with Gasteiger partial charge in [-0.15, -0.1) is 0 Å². The quantitative estimate of drug-likeness (QED) is 0.778. The number of nitrogens with one attached hydrogen (secondary N) is 1. The third kappa shape index (κ3) is 4.99. The Bertz CT molecular complexity index is 444. The molecule has 1 aromatic heterocycles. The molecule has 0 aliphatic rings. The van der Waals surface area contributed by atoms with Crippen LogP contribution in [-0.4, -0.2) is 51.9 Å². The van der Waals surface area contributed by atoms with Gasteiger partial charge in [0.1, 0.15) is 0 Å². The molecule has 1 atom stereocenters. The van der Waals surface area contributed by atoms with Gasteiger partial charge in [-0.3, -0.25) is 9.48 Å². The monoisotopic (exact) mass is 268 g/mol. The molecule has 0 aromatic carbocycles. The van der Waals surface area contributed by atoms with Crippen LogP contribution in [0.4, 0.5) is 4.79 Å². The lowest BCUT2D eigenvalue weighted by molar-refractivity contribution is -0.141. The summed E-state index contributed by atoms with van der Waals surface area (Å²) in [6.45, 7) is 2.23. The van der Waals surface area contributed by atoms with Crippen molar-refractivity contribution in [1.82, 2.24) is 20.0 Å². The van der Waals surface area contributed by atoms with Crippen LogP contribution in [0.3, 0.4) is 0 Å². The first-order chi connectivity index (χ1) is 8.90. The zero-order chi connectivity index (χ0) is 14.4. The number of carbonyl (C=O) groups is 2. The second-order valence-corrected chi connectivity index (χ2v) is 4.58. The molecule has 0 spiro atoms. The van der Waals surface area contributed by atoms with Gasteiger partial charge in [-0.05, 0) is 6.07 Å². The zero-order valence-corrected chi connectivity index (χ0v) is 11.5. The number of carboxylic acid groups (broad SMARTS) is 1. The van der Waals surface area contributed by atoms with E-state index in [-0.39, 0.29) is 12.6 Å². The zero-order valence-electron chi connectivity index (χ0n) is 11.5. The minimum Gasteiger partial charge on any atom is -0.481 e. The van der Waals surface area contributed by atoms with E-state index < -0.39 is 11.9 Å². The molecule has 0 saturated heterocycles. The Labute approximate surface area is 112 Å². The Kier molecular flexibility index (Phi) is 5.35. The highest BCUT2D eigenvalue weighted by Gasteiger charge is 2.16. The minimum absolute atomic E-state index is 0.185. The summed E-state index contributed by atoms with van der Waals surface area (Å²) in [5.41, 5.74) is 0.907. The Morgan fingerprint density at radius 3 is 2.79 bits per heavy atom. The molecular weight excluding hydrogens is 248 g/mol. The van der Waals surface area contributed by atoms with Gasteiger partial charge in [0.25, 0.3) is 0 Å². The van der Waals surface area contributed by atoms with Crippen molar-refractivity contribution in [2.45, 2.75) is 13.3 Å². The molecule has 0 saturated carbocycles. The molecule has 0 bridgehead atoms. The molecule has 2 amide bonds. The fourth-order valence-corrected chi connectivity index (χ4v) is 1.60. The summed E-state index contributed by atoms with van der Waals surface area (Å²) in [6.07, 6.45) is 2.49. The number of hydrogen-bond donors (Lipinski definition) is 2. The van der Waals surface area contributed by atoms with Crippen LogP contribution in [0.2, 0.25) is 0 Å². The van der Waals surface area contributed by atoms with E-state index in [4.69, 9.17) is 5.11 Å². The number of carboxylic acids is 1. The lowest BCUT2D eigenvalue weighted by atomic mass is 10.2. The van der Waals surface area contributed by atoms with Crippen LogP contribution in [0.5, 0.6) is 0 Å². The van der Waals surface area contributed by atoms with Gasteiger partial charge >= 0.3 is 12.0 Å². The molecule has 0 radical (unpaired) electrons. The Balaban J connectivity index is 2.28. The maximum atomic E-state index is 11.7. The van der Waals surface area contributed by atoms with Crippen LogP contribution in [0.25, 0.3) is 0 Å². The summed E-state index contributed by atoms with van der Waals surface area (Å²) in [7, 11) is 3.42. The van der Waals surface area contributed by atoms with Gasteiger partial charge < -0.3 is 15.3 Å². The number of carbonyl (C=O) groups excluding carboxylic acids is 1. The highest BCUT2D eigenvalue weighted by Crippen LogP contribution is 1.99. The summed E-state index contributed by atoms with van der Waals surface area (Å²) >= 11 is 0. The topological polar surface area (TPSA) is 87.5 Å². The van der Waals surface area contributed by atoms with E-state index >= 15 is 0 Å². The highest BCUT2D eigenvalue weighted by atomic mass is 16.4. The van der Waals surface area contributed by atoms with Crippen molar-refractivity contribution in [2.24, 2.45) is 13.0 Å². The van der Waals surface area contributed by atoms with Gasteiger partial charge in [0.15, 0.2) is 0 Å². The molecule has 1 rings (SSSR count). The number of rotatable bonds is 6. The fraction of sp³-hybridized carbons (Fsp3) is 0.583. The predicted molar refractivity (Wildman–Crippen MR) is 69.7 cm³/mol. The molecule has 106 valence electrons. The van der Waals surface area contributed by atoms with Crippen LogP contribution < -0.4 is 5.32 Å². The molecular formula is C12H20N4O3. The van der Waals surface area contributed by atoms with Gasteiger partial charge in [0.2, 0.25) is 0 Å².